The predicted molar refractivity (Wildman–Crippen MR) is 62.2 cm³/mol. The highest BCUT2D eigenvalue weighted by atomic mass is 16.5. The van der Waals surface area contributed by atoms with Crippen molar-refractivity contribution in [3.63, 3.8) is 0 Å². The minimum absolute atomic E-state index is 0.143. The molecule has 0 radical (unpaired) electrons. The van der Waals surface area contributed by atoms with E-state index in [9.17, 15) is 4.79 Å². The Bertz CT molecular complexity index is 388. The molecule has 0 unspecified atom stereocenters. The van der Waals surface area contributed by atoms with Gasteiger partial charge in [0.25, 0.3) is 0 Å². The summed E-state index contributed by atoms with van der Waals surface area (Å²) in [7, 11) is 1.43. The summed E-state index contributed by atoms with van der Waals surface area (Å²) in [6.07, 6.45) is 2.33. The number of hydrogen-bond acceptors (Lipinski definition) is 3. The van der Waals surface area contributed by atoms with E-state index in [1.165, 1.54) is 23.8 Å². The van der Waals surface area contributed by atoms with Crippen LogP contribution in [0.25, 0.3) is 0 Å². The first-order valence-electron chi connectivity index (χ1n) is 5.68. The summed E-state index contributed by atoms with van der Waals surface area (Å²) in [6.45, 7) is 2.01. The molecule has 1 aromatic rings. The van der Waals surface area contributed by atoms with Crippen LogP contribution in [0.3, 0.4) is 0 Å². The fourth-order valence-electron chi connectivity index (χ4n) is 2.04. The summed E-state index contributed by atoms with van der Waals surface area (Å²) < 4.78 is 4.63. The van der Waals surface area contributed by atoms with Crippen LogP contribution in [0, 0.1) is 0 Å². The smallest absolute Gasteiger partial charge is 0.305 e. The summed E-state index contributed by atoms with van der Waals surface area (Å²) >= 11 is 0. The number of ether oxygens (including phenoxy) is 1. The van der Waals surface area contributed by atoms with E-state index in [1.807, 2.05) is 0 Å². The van der Waals surface area contributed by atoms with E-state index in [4.69, 9.17) is 0 Å². The van der Waals surface area contributed by atoms with Crippen molar-refractivity contribution >= 4 is 5.97 Å². The number of nitrogens with one attached hydrogen (secondary N) is 1. The number of methoxy groups -OCH3 is 1. The number of rotatable bonds is 3. The van der Waals surface area contributed by atoms with Gasteiger partial charge in [0.2, 0.25) is 0 Å². The zero-order valence-electron chi connectivity index (χ0n) is 9.58. The van der Waals surface area contributed by atoms with Gasteiger partial charge in [0.15, 0.2) is 0 Å². The number of esters is 1. The van der Waals surface area contributed by atoms with Crippen molar-refractivity contribution in [2.75, 3.05) is 13.7 Å². The van der Waals surface area contributed by atoms with Crippen LogP contribution in [0.4, 0.5) is 0 Å². The first-order chi connectivity index (χ1) is 7.79. The largest absolute Gasteiger partial charge is 0.469 e. The predicted octanol–water partition coefficient (Wildman–Crippen LogP) is 1.44. The van der Waals surface area contributed by atoms with Crippen molar-refractivity contribution in [1.29, 1.82) is 0 Å². The summed E-state index contributed by atoms with van der Waals surface area (Å²) in [5, 5.41) is 3.35. The standard InChI is InChI=1S/C13H17NO2/c1-16-13(15)5-3-10-2-4-11-6-7-14-9-12(11)8-10/h2,4,8,14H,3,5-7,9H2,1H3. The molecule has 16 heavy (non-hydrogen) atoms. The van der Waals surface area contributed by atoms with Gasteiger partial charge in [-0.05, 0) is 36.1 Å². The highest BCUT2D eigenvalue weighted by molar-refractivity contribution is 5.69. The van der Waals surface area contributed by atoms with Crippen LogP contribution in [0.1, 0.15) is 23.1 Å². The first-order valence-corrected chi connectivity index (χ1v) is 5.68. The highest BCUT2D eigenvalue weighted by Crippen LogP contribution is 2.16. The number of fused-ring (bicyclic) bond motifs is 1. The molecule has 0 aliphatic carbocycles. The second kappa shape index (κ2) is 5.12. The third-order valence-corrected chi connectivity index (χ3v) is 3.00. The molecule has 0 spiro atoms. The molecule has 2 rings (SSSR count). The lowest BCUT2D eigenvalue weighted by atomic mass is 9.97. The molecule has 0 saturated heterocycles. The van der Waals surface area contributed by atoms with Crippen LogP contribution in [0.5, 0.6) is 0 Å². The lowest BCUT2D eigenvalue weighted by Crippen LogP contribution is -2.23. The Hall–Kier alpha value is -1.35. The Morgan fingerprint density at radius 2 is 2.31 bits per heavy atom. The van der Waals surface area contributed by atoms with Gasteiger partial charge in [-0.25, -0.2) is 0 Å². The summed E-state index contributed by atoms with van der Waals surface area (Å²) in [5.41, 5.74) is 4.02. The van der Waals surface area contributed by atoms with Crippen molar-refractivity contribution in [2.45, 2.75) is 25.8 Å². The van der Waals surface area contributed by atoms with Crippen LogP contribution >= 0.6 is 0 Å². The monoisotopic (exact) mass is 219 g/mol. The third-order valence-electron chi connectivity index (χ3n) is 3.00. The molecule has 1 aliphatic rings. The van der Waals surface area contributed by atoms with Gasteiger partial charge in [-0.1, -0.05) is 18.2 Å². The van der Waals surface area contributed by atoms with Crippen molar-refractivity contribution in [3.05, 3.63) is 34.9 Å². The van der Waals surface area contributed by atoms with E-state index in [1.54, 1.807) is 0 Å². The van der Waals surface area contributed by atoms with Crippen LogP contribution in [0.15, 0.2) is 18.2 Å². The van der Waals surface area contributed by atoms with Crippen molar-refractivity contribution in [2.24, 2.45) is 0 Å². The van der Waals surface area contributed by atoms with Crippen LogP contribution < -0.4 is 5.32 Å². The van der Waals surface area contributed by atoms with Crippen molar-refractivity contribution < 1.29 is 9.53 Å². The molecule has 0 bridgehead atoms. The maximum absolute atomic E-state index is 11.0. The number of carbonyl (C=O) groups excluding carboxylic acids is 1. The zero-order valence-corrected chi connectivity index (χ0v) is 9.58. The lowest BCUT2D eigenvalue weighted by molar-refractivity contribution is -0.140. The minimum atomic E-state index is -0.143. The van der Waals surface area contributed by atoms with Crippen LogP contribution in [0.2, 0.25) is 0 Å². The molecule has 0 fully saturated rings. The van der Waals surface area contributed by atoms with E-state index in [2.05, 4.69) is 28.3 Å². The van der Waals surface area contributed by atoms with Crippen LogP contribution in [-0.4, -0.2) is 19.6 Å². The van der Waals surface area contributed by atoms with Gasteiger partial charge in [-0.3, -0.25) is 4.79 Å². The maximum atomic E-state index is 11.0. The Kier molecular flexibility index (Phi) is 3.57. The zero-order chi connectivity index (χ0) is 11.4. The Morgan fingerprint density at radius 3 is 3.12 bits per heavy atom. The van der Waals surface area contributed by atoms with E-state index >= 15 is 0 Å². The normalized spacial score (nSPS) is 14.3. The number of hydrogen-bond donors (Lipinski definition) is 1. The molecule has 0 atom stereocenters. The number of carbonyl (C=O) groups is 1. The van der Waals surface area contributed by atoms with Gasteiger partial charge in [0.05, 0.1) is 7.11 Å². The SMILES string of the molecule is COC(=O)CCc1ccc2c(c1)CNCC2. The molecule has 0 saturated carbocycles. The fourth-order valence-corrected chi connectivity index (χ4v) is 2.04. The Balaban J connectivity index is 2.03. The molecule has 1 aliphatic heterocycles. The minimum Gasteiger partial charge on any atom is -0.469 e. The summed E-state index contributed by atoms with van der Waals surface area (Å²) in [4.78, 5) is 11.0. The molecule has 0 aromatic heterocycles. The Labute approximate surface area is 95.8 Å². The fraction of sp³-hybridized carbons (Fsp3) is 0.462. The van der Waals surface area contributed by atoms with E-state index < -0.39 is 0 Å². The van der Waals surface area contributed by atoms with Gasteiger partial charge in [0, 0.05) is 13.0 Å². The average Bonchev–Trinajstić information content (AvgIpc) is 2.35. The topological polar surface area (TPSA) is 38.3 Å². The second-order valence-corrected chi connectivity index (χ2v) is 4.11. The summed E-state index contributed by atoms with van der Waals surface area (Å²) in [6, 6.07) is 6.50. The van der Waals surface area contributed by atoms with Crippen molar-refractivity contribution in [3.8, 4) is 0 Å². The Morgan fingerprint density at radius 1 is 1.44 bits per heavy atom. The van der Waals surface area contributed by atoms with E-state index in [0.29, 0.717) is 6.42 Å². The number of aryl methyl sites for hydroxylation is 1. The third kappa shape index (κ3) is 2.61. The van der Waals surface area contributed by atoms with Gasteiger partial charge in [0.1, 0.15) is 0 Å². The second-order valence-electron chi connectivity index (χ2n) is 4.11. The first kappa shape index (κ1) is 11.1. The molecule has 1 heterocycles. The van der Waals surface area contributed by atoms with Gasteiger partial charge in [-0.2, -0.15) is 0 Å². The molecule has 1 N–H and O–H groups in total. The maximum Gasteiger partial charge on any atom is 0.305 e. The number of benzene rings is 1. The molecule has 1 aromatic carbocycles. The molecular weight excluding hydrogens is 202 g/mol. The molecule has 0 amide bonds. The molecular formula is C13H17NO2. The van der Waals surface area contributed by atoms with Crippen molar-refractivity contribution in [1.82, 2.24) is 5.32 Å². The summed E-state index contributed by atoms with van der Waals surface area (Å²) in [5.74, 6) is -0.143. The average molecular weight is 219 g/mol. The van der Waals surface area contributed by atoms with Gasteiger partial charge >= 0.3 is 5.97 Å². The van der Waals surface area contributed by atoms with Gasteiger partial charge in [-0.15, -0.1) is 0 Å². The quantitative estimate of drug-likeness (QED) is 0.782. The van der Waals surface area contributed by atoms with E-state index in [0.717, 1.165) is 25.9 Å². The van der Waals surface area contributed by atoms with Gasteiger partial charge < -0.3 is 10.1 Å². The highest BCUT2D eigenvalue weighted by Gasteiger charge is 2.09. The lowest BCUT2D eigenvalue weighted by Gasteiger charge is -2.17. The molecule has 3 heteroatoms. The molecule has 86 valence electrons. The molecule has 3 nitrogen and oxygen atoms in total. The van der Waals surface area contributed by atoms with E-state index in [-0.39, 0.29) is 5.97 Å². The van der Waals surface area contributed by atoms with Crippen LogP contribution in [-0.2, 0) is 28.9 Å².